The van der Waals surface area contributed by atoms with Crippen molar-refractivity contribution in [2.45, 2.75) is 45.4 Å². The molecule has 0 spiro atoms. The zero-order valence-electron chi connectivity index (χ0n) is 18.2. The summed E-state index contributed by atoms with van der Waals surface area (Å²) in [5.74, 6) is -0.131. The van der Waals surface area contributed by atoms with Crippen LogP contribution in [0, 0.1) is 6.92 Å². The quantitative estimate of drug-likeness (QED) is 0.588. The van der Waals surface area contributed by atoms with Gasteiger partial charge in [0.25, 0.3) is 0 Å². The Bertz CT molecular complexity index is 1060. The molecule has 2 aromatic heterocycles. The highest BCUT2D eigenvalue weighted by Crippen LogP contribution is 2.37. The molecule has 164 valence electrons. The van der Waals surface area contributed by atoms with Crippen LogP contribution in [-0.4, -0.2) is 52.3 Å². The molecule has 2 N–H and O–H groups in total. The predicted octanol–water partition coefficient (Wildman–Crippen LogP) is 4.32. The maximum atomic E-state index is 11.2. The minimum absolute atomic E-state index is 0.0571. The van der Waals surface area contributed by atoms with Gasteiger partial charge >= 0.3 is 5.97 Å². The van der Waals surface area contributed by atoms with Gasteiger partial charge in [-0.25, -0.2) is 9.78 Å². The fraction of sp³-hybridized carbons (Fsp3) is 0.417. The minimum atomic E-state index is -1.02. The van der Waals surface area contributed by atoms with E-state index in [0.29, 0.717) is 6.61 Å². The van der Waals surface area contributed by atoms with Crippen LogP contribution in [0.15, 0.2) is 36.7 Å². The molecule has 1 saturated heterocycles. The van der Waals surface area contributed by atoms with Crippen molar-refractivity contribution in [3.63, 3.8) is 0 Å². The lowest BCUT2D eigenvalue weighted by Crippen LogP contribution is -2.39. The molecule has 1 unspecified atom stereocenters. The van der Waals surface area contributed by atoms with Crippen molar-refractivity contribution in [2.75, 3.05) is 20.3 Å². The van der Waals surface area contributed by atoms with Crippen molar-refractivity contribution in [3.8, 4) is 5.75 Å². The second-order valence-electron chi connectivity index (χ2n) is 8.01. The summed E-state index contributed by atoms with van der Waals surface area (Å²) in [5.41, 5.74) is 4.50. The third-order valence-corrected chi connectivity index (χ3v) is 6.15. The number of rotatable bonds is 7. The van der Waals surface area contributed by atoms with Gasteiger partial charge in [-0.05, 0) is 56.0 Å². The number of aromatic carboxylic acids is 1. The molecule has 2 atom stereocenters. The summed E-state index contributed by atoms with van der Waals surface area (Å²) in [6.07, 6.45) is 5.63. The lowest BCUT2D eigenvalue weighted by Gasteiger charge is -2.40. The summed E-state index contributed by atoms with van der Waals surface area (Å²) in [6, 6.07) is 7.73. The highest BCUT2D eigenvalue weighted by molar-refractivity contribution is 5.88. The average molecular weight is 424 g/mol. The van der Waals surface area contributed by atoms with Crippen LogP contribution >= 0.6 is 0 Å². The number of hydrogen-bond acceptors (Lipinski definition) is 5. The number of carboxylic acid groups (broad SMARTS) is 1. The molecule has 1 fully saturated rings. The second-order valence-corrected chi connectivity index (χ2v) is 8.01. The Morgan fingerprint density at radius 3 is 2.87 bits per heavy atom. The Kier molecular flexibility index (Phi) is 6.25. The Morgan fingerprint density at radius 2 is 2.19 bits per heavy atom. The number of fused-ring (bicyclic) bond motifs is 1. The van der Waals surface area contributed by atoms with Crippen LogP contribution in [0.25, 0.3) is 10.9 Å². The van der Waals surface area contributed by atoms with E-state index in [9.17, 15) is 9.90 Å². The Labute approximate surface area is 182 Å². The molecular weight excluding hydrogens is 394 g/mol. The molecule has 0 saturated carbocycles. The number of carboxylic acids is 1. The molecule has 7 heteroatoms. The van der Waals surface area contributed by atoms with Crippen molar-refractivity contribution in [3.05, 3.63) is 59.0 Å². The van der Waals surface area contributed by atoms with Gasteiger partial charge in [0.05, 0.1) is 13.2 Å². The normalized spacial score (nSPS) is 19.6. The van der Waals surface area contributed by atoms with Gasteiger partial charge in [-0.1, -0.05) is 6.07 Å². The molecule has 0 amide bonds. The lowest BCUT2D eigenvalue weighted by atomic mass is 9.92. The van der Waals surface area contributed by atoms with E-state index in [1.165, 1.54) is 5.39 Å². The summed E-state index contributed by atoms with van der Waals surface area (Å²) >= 11 is 0. The van der Waals surface area contributed by atoms with Crippen molar-refractivity contribution < 1.29 is 19.4 Å². The summed E-state index contributed by atoms with van der Waals surface area (Å²) in [5, 5.41) is 10.4. The monoisotopic (exact) mass is 423 g/mol. The van der Waals surface area contributed by atoms with E-state index < -0.39 is 5.97 Å². The first-order valence-corrected chi connectivity index (χ1v) is 10.7. The fourth-order valence-corrected chi connectivity index (χ4v) is 4.62. The molecule has 1 aromatic carbocycles. The summed E-state index contributed by atoms with van der Waals surface area (Å²) in [7, 11) is 1.71. The molecule has 3 aromatic rings. The van der Waals surface area contributed by atoms with Crippen LogP contribution in [0.1, 0.15) is 53.0 Å². The molecule has 0 radical (unpaired) electrons. The molecular formula is C24H29N3O4. The molecule has 1 aliphatic heterocycles. The molecule has 0 aliphatic carbocycles. The number of aromatic nitrogens is 2. The van der Waals surface area contributed by atoms with E-state index in [0.717, 1.165) is 53.9 Å². The first-order valence-electron chi connectivity index (χ1n) is 10.7. The van der Waals surface area contributed by atoms with Crippen molar-refractivity contribution >= 4 is 16.9 Å². The smallest absolute Gasteiger partial charge is 0.354 e. The highest BCUT2D eigenvalue weighted by Gasteiger charge is 2.31. The lowest BCUT2D eigenvalue weighted by molar-refractivity contribution is -0.0139. The van der Waals surface area contributed by atoms with Crippen LogP contribution in [0.3, 0.4) is 0 Å². The van der Waals surface area contributed by atoms with Gasteiger partial charge in [0, 0.05) is 54.6 Å². The number of aromatic amines is 1. The van der Waals surface area contributed by atoms with Gasteiger partial charge in [0.1, 0.15) is 11.4 Å². The second kappa shape index (κ2) is 9.08. The number of pyridine rings is 1. The number of methoxy groups -OCH3 is 1. The van der Waals surface area contributed by atoms with Crippen LogP contribution in [0.4, 0.5) is 0 Å². The predicted molar refractivity (Wildman–Crippen MR) is 119 cm³/mol. The number of carbonyl (C=O) groups is 1. The number of piperidine rings is 1. The Hall–Kier alpha value is -2.90. The minimum Gasteiger partial charge on any atom is -0.496 e. The van der Waals surface area contributed by atoms with Crippen molar-refractivity contribution in [1.82, 2.24) is 14.9 Å². The van der Waals surface area contributed by atoms with Gasteiger partial charge < -0.3 is 19.6 Å². The van der Waals surface area contributed by atoms with E-state index in [1.807, 2.05) is 19.2 Å². The molecule has 4 rings (SSSR count). The number of hydrogen-bond donors (Lipinski definition) is 2. The number of ether oxygens (including phenoxy) is 2. The van der Waals surface area contributed by atoms with E-state index in [2.05, 4.69) is 33.9 Å². The maximum absolute atomic E-state index is 11.2. The van der Waals surface area contributed by atoms with Gasteiger partial charge in [-0.15, -0.1) is 0 Å². The van der Waals surface area contributed by atoms with E-state index in [-0.39, 0.29) is 17.8 Å². The van der Waals surface area contributed by atoms with E-state index in [4.69, 9.17) is 9.47 Å². The number of nitrogens with one attached hydrogen (secondary N) is 1. The van der Waals surface area contributed by atoms with Gasteiger partial charge in [0.2, 0.25) is 0 Å². The number of benzene rings is 1. The number of aryl methyl sites for hydroxylation is 1. The number of nitrogens with zero attached hydrogens (tertiary/aromatic N) is 2. The standard InChI is InChI=1S/C24H29N3O4/c1-4-31-17-8-10-27(21(12-17)16-5-6-20(24(28)29)26-13-16)14-19-18-7-9-25-23(18)15(2)11-22(19)30-3/h5-7,9,11,13,17,21,25H,4,8,10,12,14H2,1-3H3,(H,28,29)/t17?,21-/m0/s1. The average Bonchev–Trinajstić information content (AvgIpc) is 3.27. The summed E-state index contributed by atoms with van der Waals surface area (Å²) in [4.78, 5) is 21.1. The first kappa shape index (κ1) is 21.3. The highest BCUT2D eigenvalue weighted by atomic mass is 16.5. The van der Waals surface area contributed by atoms with Gasteiger partial charge in [-0.3, -0.25) is 4.90 Å². The fourth-order valence-electron chi connectivity index (χ4n) is 4.62. The molecule has 0 bridgehead atoms. The third-order valence-electron chi connectivity index (χ3n) is 6.15. The molecule has 3 heterocycles. The first-order chi connectivity index (χ1) is 15.0. The zero-order valence-corrected chi connectivity index (χ0v) is 18.2. The molecule has 1 aliphatic rings. The van der Waals surface area contributed by atoms with E-state index >= 15 is 0 Å². The SMILES string of the molecule is CCOC1CCN(Cc2c(OC)cc(C)c3[nH]ccc23)[C@H](c2ccc(C(=O)O)nc2)C1. The Balaban J connectivity index is 1.69. The number of likely N-dealkylation sites (tertiary alicyclic amines) is 1. The molecule has 7 nitrogen and oxygen atoms in total. The third kappa shape index (κ3) is 4.29. The Morgan fingerprint density at radius 1 is 1.35 bits per heavy atom. The van der Waals surface area contributed by atoms with Crippen molar-refractivity contribution in [1.29, 1.82) is 0 Å². The van der Waals surface area contributed by atoms with Gasteiger partial charge in [-0.2, -0.15) is 0 Å². The maximum Gasteiger partial charge on any atom is 0.354 e. The summed E-state index contributed by atoms with van der Waals surface area (Å²) < 4.78 is 11.7. The van der Waals surface area contributed by atoms with Crippen LogP contribution in [0.2, 0.25) is 0 Å². The molecule has 31 heavy (non-hydrogen) atoms. The van der Waals surface area contributed by atoms with Crippen LogP contribution < -0.4 is 4.74 Å². The number of H-pyrrole nitrogens is 1. The van der Waals surface area contributed by atoms with Crippen molar-refractivity contribution in [2.24, 2.45) is 0 Å². The largest absolute Gasteiger partial charge is 0.496 e. The van der Waals surface area contributed by atoms with Crippen LogP contribution in [-0.2, 0) is 11.3 Å². The van der Waals surface area contributed by atoms with Crippen LogP contribution in [0.5, 0.6) is 5.75 Å². The van der Waals surface area contributed by atoms with E-state index in [1.54, 1.807) is 19.4 Å². The van der Waals surface area contributed by atoms with Gasteiger partial charge in [0.15, 0.2) is 0 Å². The zero-order chi connectivity index (χ0) is 22.0. The summed E-state index contributed by atoms with van der Waals surface area (Å²) in [6.45, 7) is 6.38. The topological polar surface area (TPSA) is 87.7 Å².